The highest BCUT2D eigenvalue weighted by molar-refractivity contribution is 7.98. The lowest BCUT2D eigenvalue weighted by atomic mass is 9.82. The highest BCUT2D eigenvalue weighted by Gasteiger charge is 2.39. The largest absolute Gasteiger partial charge is 0.496 e. The number of rotatable bonds is 5. The summed E-state index contributed by atoms with van der Waals surface area (Å²) in [7, 11) is 1.21. The van der Waals surface area contributed by atoms with Gasteiger partial charge in [0.05, 0.1) is 23.8 Å². The molecule has 0 spiro atoms. The average Bonchev–Trinajstić information content (AvgIpc) is 2.77. The Morgan fingerprint density at radius 1 is 1.29 bits per heavy atom. The molecule has 1 aliphatic rings. The molecule has 1 N–H and O–H groups in total. The maximum absolute atomic E-state index is 13.5. The smallest absolute Gasteiger partial charge is 0.416 e. The maximum atomic E-state index is 13.5. The number of carbonyl (C=O) groups is 1. The van der Waals surface area contributed by atoms with Gasteiger partial charge in [0, 0.05) is 15.6 Å². The lowest BCUT2D eigenvalue weighted by molar-refractivity contribution is -0.137. The van der Waals surface area contributed by atoms with Crippen LogP contribution in [0.5, 0.6) is 5.75 Å². The van der Waals surface area contributed by atoms with Gasteiger partial charge in [-0.05, 0) is 50.3 Å². The van der Waals surface area contributed by atoms with E-state index in [1.54, 1.807) is 18.4 Å². The molecule has 0 aromatic heterocycles. The molecule has 1 heterocycles. The highest BCUT2D eigenvalue weighted by atomic mass is 35.5. The Morgan fingerprint density at radius 3 is 2.58 bits per heavy atom. The number of benzene rings is 2. The quantitative estimate of drug-likeness (QED) is 0.600. The van der Waals surface area contributed by atoms with Crippen molar-refractivity contribution in [1.29, 1.82) is 0 Å². The van der Waals surface area contributed by atoms with Gasteiger partial charge in [0.15, 0.2) is 0 Å². The van der Waals surface area contributed by atoms with Crippen LogP contribution in [0, 0.1) is 0 Å². The second-order valence-corrected chi connectivity index (χ2v) is 8.03. The van der Waals surface area contributed by atoms with Gasteiger partial charge >= 0.3 is 6.18 Å². The Bertz CT molecular complexity index is 984. The van der Waals surface area contributed by atoms with Gasteiger partial charge in [-0.2, -0.15) is 13.2 Å². The molecule has 1 amide bonds. The minimum absolute atomic E-state index is 0. The zero-order valence-electron chi connectivity index (χ0n) is 20.1. The molecule has 1 fully saturated rings. The molecule has 1 atom stereocenters. The van der Waals surface area contributed by atoms with Crippen LogP contribution in [0.2, 0.25) is 0 Å². The minimum atomic E-state index is -4.60. The Balaban J connectivity index is 0.00000408. The summed E-state index contributed by atoms with van der Waals surface area (Å²) >= 11 is 1.00. The van der Waals surface area contributed by atoms with E-state index in [0.29, 0.717) is 19.4 Å². The predicted octanol–water partition coefficient (Wildman–Crippen LogP) is 5.21. The molecule has 4 nitrogen and oxygen atoms in total. The number of nitrogens with one attached hydrogen (secondary N) is 1. The van der Waals surface area contributed by atoms with Crippen LogP contribution in [0.1, 0.15) is 38.4 Å². The van der Waals surface area contributed by atoms with Crippen molar-refractivity contribution in [2.45, 2.75) is 29.5 Å². The summed E-state index contributed by atoms with van der Waals surface area (Å²) in [5.41, 5.74) is -1.23. The number of methoxy groups -OCH3 is 1. The number of amides is 1. The molecule has 1 saturated heterocycles. The molecule has 0 saturated carbocycles. The Morgan fingerprint density at radius 2 is 2.00 bits per heavy atom. The number of piperidine rings is 1. The molecule has 9 heteroatoms. The van der Waals surface area contributed by atoms with Gasteiger partial charge in [-0.25, -0.2) is 0 Å². The van der Waals surface area contributed by atoms with Crippen LogP contribution in [0.4, 0.5) is 13.2 Å². The van der Waals surface area contributed by atoms with Crippen molar-refractivity contribution in [2.75, 3.05) is 33.4 Å². The van der Waals surface area contributed by atoms with E-state index in [1.807, 2.05) is 18.2 Å². The summed E-state index contributed by atoms with van der Waals surface area (Å²) in [6.07, 6.45) is -2.02. The van der Waals surface area contributed by atoms with E-state index >= 15 is 0 Å². The summed E-state index contributed by atoms with van der Waals surface area (Å²) in [5.74, 6) is -0.820. The van der Waals surface area contributed by atoms with Crippen LogP contribution in [0.15, 0.2) is 47.4 Å². The minimum Gasteiger partial charge on any atom is -0.496 e. The van der Waals surface area contributed by atoms with Gasteiger partial charge in [-0.3, -0.25) is 4.79 Å². The SMILES string of the molecule is Cl.[2H]C([2H])([2H])N1CCCC(NC(=O)c2c(OC)cc(C(F)(F)F)cc2SC)(c2ccccc2)C1. The van der Waals surface area contributed by atoms with Gasteiger partial charge in [0.1, 0.15) is 5.75 Å². The van der Waals surface area contributed by atoms with Crippen molar-refractivity contribution < 1.29 is 26.8 Å². The average molecular weight is 478 g/mol. The molecular weight excluding hydrogens is 449 g/mol. The maximum Gasteiger partial charge on any atom is 0.416 e. The number of nitrogens with zero attached hydrogens (tertiary/aromatic N) is 1. The van der Waals surface area contributed by atoms with Gasteiger partial charge in [-0.1, -0.05) is 30.3 Å². The van der Waals surface area contributed by atoms with Crippen molar-refractivity contribution in [3.05, 3.63) is 59.2 Å². The van der Waals surface area contributed by atoms with Crippen molar-refractivity contribution in [3.63, 3.8) is 0 Å². The summed E-state index contributed by atoms with van der Waals surface area (Å²) in [6, 6.07) is 10.7. The van der Waals surface area contributed by atoms with Gasteiger partial charge in [-0.15, -0.1) is 24.2 Å². The number of hydrogen-bond acceptors (Lipinski definition) is 4. The number of halogens is 4. The first-order chi connectivity index (χ1) is 15.4. The predicted molar refractivity (Wildman–Crippen MR) is 119 cm³/mol. The second-order valence-electron chi connectivity index (χ2n) is 7.18. The fourth-order valence-corrected chi connectivity index (χ4v) is 4.44. The Kier molecular flexibility index (Phi) is 6.86. The number of ether oxygens (including phenoxy) is 1. The second kappa shape index (κ2) is 10.1. The highest BCUT2D eigenvalue weighted by Crippen LogP contribution is 2.39. The molecule has 170 valence electrons. The molecule has 0 radical (unpaired) electrons. The van der Waals surface area contributed by atoms with Gasteiger partial charge in [0.2, 0.25) is 0 Å². The van der Waals surface area contributed by atoms with E-state index in [0.717, 1.165) is 29.5 Å². The number of alkyl halides is 3. The van der Waals surface area contributed by atoms with E-state index in [-0.39, 0.29) is 35.2 Å². The van der Waals surface area contributed by atoms with E-state index in [1.165, 1.54) is 12.0 Å². The normalized spacial score (nSPS) is 21.3. The first-order valence-electron chi connectivity index (χ1n) is 10.9. The zero-order chi connectivity index (χ0) is 24.4. The molecule has 0 aliphatic carbocycles. The third kappa shape index (κ3) is 5.48. The summed E-state index contributed by atoms with van der Waals surface area (Å²) in [5, 5.41) is 2.97. The topological polar surface area (TPSA) is 41.6 Å². The molecular formula is C22H26ClF3N2O2S. The Hall–Kier alpha value is -1.90. The summed E-state index contributed by atoms with van der Waals surface area (Å²) < 4.78 is 68.7. The zero-order valence-corrected chi connectivity index (χ0v) is 18.7. The molecule has 2 aromatic rings. The van der Waals surface area contributed by atoms with E-state index < -0.39 is 30.2 Å². The number of thioether (sulfide) groups is 1. The number of likely N-dealkylation sites (N-methyl/N-ethyl adjacent to an activating group) is 1. The van der Waals surface area contributed by atoms with E-state index in [9.17, 15) is 18.0 Å². The third-order valence-electron chi connectivity index (χ3n) is 5.23. The van der Waals surface area contributed by atoms with Crippen molar-refractivity contribution in [3.8, 4) is 5.75 Å². The van der Waals surface area contributed by atoms with Crippen LogP contribution in [-0.2, 0) is 11.7 Å². The van der Waals surface area contributed by atoms with Gasteiger partial charge in [0.25, 0.3) is 5.91 Å². The van der Waals surface area contributed by atoms with Crippen molar-refractivity contribution in [2.24, 2.45) is 0 Å². The van der Waals surface area contributed by atoms with Crippen LogP contribution in [0.3, 0.4) is 0 Å². The van der Waals surface area contributed by atoms with E-state index in [2.05, 4.69) is 5.32 Å². The first-order valence-corrected chi connectivity index (χ1v) is 10.6. The fourth-order valence-electron chi connectivity index (χ4n) is 3.80. The van der Waals surface area contributed by atoms with Crippen LogP contribution < -0.4 is 10.1 Å². The number of likely N-dealkylation sites (tertiary alicyclic amines) is 1. The molecule has 1 aliphatic heterocycles. The molecule has 0 bridgehead atoms. The standard InChI is InChI=1S/C22H25F3N2O2S.ClH/c1-27-11-7-10-21(14-27,15-8-5-4-6-9-15)26-20(28)19-17(29-2)12-16(22(23,24)25)13-18(19)30-3;/h4-6,8-9,12-13H,7,10-11,14H2,1-3H3,(H,26,28);1H/i1D3;. The van der Waals surface area contributed by atoms with Gasteiger partial charge < -0.3 is 15.0 Å². The number of hydrogen-bond donors (Lipinski definition) is 1. The monoisotopic (exact) mass is 477 g/mol. The summed E-state index contributed by atoms with van der Waals surface area (Å²) in [4.78, 5) is 15.0. The third-order valence-corrected chi connectivity index (χ3v) is 5.99. The molecule has 2 aromatic carbocycles. The van der Waals surface area contributed by atoms with Crippen molar-refractivity contribution >= 4 is 30.1 Å². The fraction of sp³-hybridized carbons (Fsp3) is 0.409. The lowest BCUT2D eigenvalue weighted by Crippen LogP contribution is -2.55. The first kappa shape index (κ1) is 21.0. The number of carbonyl (C=O) groups excluding carboxylic acids is 1. The molecule has 1 unspecified atom stereocenters. The molecule has 31 heavy (non-hydrogen) atoms. The van der Waals surface area contributed by atoms with Crippen LogP contribution in [-0.4, -0.2) is 44.2 Å². The van der Waals surface area contributed by atoms with Crippen LogP contribution in [0.25, 0.3) is 0 Å². The van der Waals surface area contributed by atoms with Crippen molar-refractivity contribution in [1.82, 2.24) is 10.2 Å². The Labute approximate surface area is 195 Å². The molecule has 3 rings (SSSR count). The summed E-state index contributed by atoms with van der Waals surface area (Å²) in [6.45, 7) is -1.96. The van der Waals surface area contributed by atoms with E-state index in [4.69, 9.17) is 8.85 Å². The lowest BCUT2D eigenvalue weighted by Gasteiger charge is -2.42. The van der Waals surface area contributed by atoms with Crippen LogP contribution >= 0.6 is 24.2 Å².